The number of aliphatic hydroxyl groups excluding tert-OH is 2. The first-order chi connectivity index (χ1) is 10.2. The molecule has 0 aliphatic heterocycles. The lowest BCUT2D eigenvalue weighted by atomic mass is 10.2. The average molecular weight is 292 g/mol. The van der Waals surface area contributed by atoms with Crippen LogP contribution in [-0.4, -0.2) is 34.5 Å². The number of aliphatic hydroxyl groups is 2. The van der Waals surface area contributed by atoms with Gasteiger partial charge in [0.05, 0.1) is 12.7 Å². The maximum absolute atomic E-state index is 13.9. The molecule has 5 nitrogen and oxygen atoms in total. The second kappa shape index (κ2) is 7.56. The van der Waals surface area contributed by atoms with Crippen molar-refractivity contribution in [2.75, 3.05) is 18.5 Å². The van der Waals surface area contributed by atoms with Crippen molar-refractivity contribution in [1.82, 2.24) is 4.98 Å². The van der Waals surface area contributed by atoms with Crippen LogP contribution in [0.1, 0.15) is 5.56 Å². The van der Waals surface area contributed by atoms with E-state index >= 15 is 0 Å². The summed E-state index contributed by atoms with van der Waals surface area (Å²) >= 11 is 0. The number of aromatic nitrogens is 1. The minimum absolute atomic E-state index is 0.146. The van der Waals surface area contributed by atoms with E-state index in [2.05, 4.69) is 10.3 Å². The predicted molar refractivity (Wildman–Crippen MR) is 76.6 cm³/mol. The molecule has 2 rings (SSSR count). The number of ether oxygens (including phenoxy) is 1. The highest BCUT2D eigenvalue weighted by molar-refractivity contribution is 5.47. The van der Waals surface area contributed by atoms with Gasteiger partial charge < -0.3 is 20.3 Å². The van der Waals surface area contributed by atoms with Crippen LogP contribution in [0.4, 0.5) is 10.1 Å². The predicted octanol–water partition coefficient (Wildman–Crippen LogP) is 1.56. The third-order valence-corrected chi connectivity index (χ3v) is 2.83. The smallest absolute Gasteiger partial charge is 0.167 e. The van der Waals surface area contributed by atoms with Crippen LogP contribution in [0.5, 0.6) is 5.75 Å². The Hall–Kier alpha value is -2.18. The minimum atomic E-state index is -0.879. The number of rotatable bonds is 7. The number of pyridine rings is 1. The van der Waals surface area contributed by atoms with Crippen molar-refractivity contribution < 1.29 is 19.3 Å². The zero-order chi connectivity index (χ0) is 15.1. The minimum Gasteiger partial charge on any atom is -0.486 e. The van der Waals surface area contributed by atoms with Crippen LogP contribution in [0.2, 0.25) is 0 Å². The number of halogens is 1. The molecule has 0 aliphatic rings. The van der Waals surface area contributed by atoms with Gasteiger partial charge in [0.15, 0.2) is 11.6 Å². The Labute approximate surface area is 122 Å². The van der Waals surface area contributed by atoms with Gasteiger partial charge in [0.2, 0.25) is 0 Å². The fraction of sp³-hybridized carbons (Fsp3) is 0.267. The zero-order valence-corrected chi connectivity index (χ0v) is 11.4. The fourth-order valence-corrected chi connectivity index (χ4v) is 1.67. The van der Waals surface area contributed by atoms with Gasteiger partial charge in [-0.15, -0.1) is 0 Å². The highest BCUT2D eigenvalue weighted by atomic mass is 19.1. The third kappa shape index (κ3) is 4.70. The van der Waals surface area contributed by atoms with E-state index < -0.39 is 11.9 Å². The van der Waals surface area contributed by atoms with Gasteiger partial charge in [0, 0.05) is 30.7 Å². The average Bonchev–Trinajstić information content (AvgIpc) is 2.52. The molecule has 1 heterocycles. The number of benzene rings is 1. The van der Waals surface area contributed by atoms with Gasteiger partial charge in [0.1, 0.15) is 6.61 Å². The van der Waals surface area contributed by atoms with Gasteiger partial charge in [-0.3, -0.25) is 4.98 Å². The molecule has 6 heteroatoms. The van der Waals surface area contributed by atoms with Crippen LogP contribution in [0.15, 0.2) is 42.7 Å². The summed E-state index contributed by atoms with van der Waals surface area (Å²) in [5.74, 6) is -0.340. The zero-order valence-electron chi connectivity index (χ0n) is 11.4. The van der Waals surface area contributed by atoms with Crippen LogP contribution in [0.3, 0.4) is 0 Å². The van der Waals surface area contributed by atoms with E-state index in [0.29, 0.717) is 5.69 Å². The van der Waals surface area contributed by atoms with Crippen LogP contribution in [0, 0.1) is 5.82 Å². The van der Waals surface area contributed by atoms with Crippen molar-refractivity contribution in [3.63, 3.8) is 0 Å². The summed E-state index contributed by atoms with van der Waals surface area (Å²) in [7, 11) is 0. The molecule has 1 atom stereocenters. The summed E-state index contributed by atoms with van der Waals surface area (Å²) in [4.78, 5) is 3.90. The summed E-state index contributed by atoms with van der Waals surface area (Å²) in [5, 5.41) is 20.7. The molecule has 0 fully saturated rings. The molecule has 0 aliphatic carbocycles. The molecule has 112 valence electrons. The first kappa shape index (κ1) is 15.2. The van der Waals surface area contributed by atoms with Crippen LogP contribution >= 0.6 is 0 Å². The Balaban J connectivity index is 1.93. The van der Waals surface area contributed by atoms with E-state index in [-0.39, 0.29) is 25.5 Å². The Morgan fingerprint density at radius 1 is 1.24 bits per heavy atom. The lowest BCUT2D eigenvalue weighted by molar-refractivity contribution is 0.105. The third-order valence-electron chi connectivity index (χ3n) is 2.83. The van der Waals surface area contributed by atoms with E-state index in [1.165, 1.54) is 12.1 Å². The van der Waals surface area contributed by atoms with Gasteiger partial charge in [-0.2, -0.15) is 0 Å². The molecule has 0 amide bonds. The van der Waals surface area contributed by atoms with Crippen molar-refractivity contribution in [2.45, 2.75) is 12.7 Å². The molecular formula is C15H17FN2O3. The van der Waals surface area contributed by atoms with Crippen molar-refractivity contribution in [2.24, 2.45) is 0 Å². The SMILES string of the molecule is OCC(O)CNc1ccc(OCc2ccncc2)c(F)c1. The normalized spacial score (nSPS) is 12.0. The molecule has 0 radical (unpaired) electrons. The summed E-state index contributed by atoms with van der Waals surface area (Å²) in [6.45, 7) is 0.0607. The number of hydrogen-bond donors (Lipinski definition) is 3. The molecular weight excluding hydrogens is 275 g/mol. The fourth-order valence-electron chi connectivity index (χ4n) is 1.67. The van der Waals surface area contributed by atoms with Gasteiger partial charge >= 0.3 is 0 Å². The van der Waals surface area contributed by atoms with Crippen LogP contribution in [-0.2, 0) is 6.61 Å². The molecule has 0 bridgehead atoms. The van der Waals surface area contributed by atoms with Crippen LogP contribution < -0.4 is 10.1 Å². The maximum Gasteiger partial charge on any atom is 0.167 e. The van der Waals surface area contributed by atoms with E-state index in [4.69, 9.17) is 9.84 Å². The maximum atomic E-state index is 13.9. The molecule has 1 unspecified atom stereocenters. The Kier molecular flexibility index (Phi) is 5.48. The monoisotopic (exact) mass is 292 g/mol. The Morgan fingerprint density at radius 2 is 2.00 bits per heavy atom. The highest BCUT2D eigenvalue weighted by Gasteiger charge is 2.07. The largest absolute Gasteiger partial charge is 0.486 e. The molecule has 2 aromatic rings. The van der Waals surface area contributed by atoms with Gasteiger partial charge in [0.25, 0.3) is 0 Å². The molecule has 1 aromatic heterocycles. The number of nitrogens with one attached hydrogen (secondary N) is 1. The number of nitrogens with zero attached hydrogens (tertiary/aromatic N) is 1. The van der Waals surface area contributed by atoms with Crippen molar-refractivity contribution in [1.29, 1.82) is 0 Å². The summed E-state index contributed by atoms with van der Waals surface area (Å²) in [5.41, 5.74) is 1.41. The van der Waals surface area contributed by atoms with E-state index in [1.807, 2.05) is 0 Å². The quantitative estimate of drug-likeness (QED) is 0.722. The van der Waals surface area contributed by atoms with E-state index in [1.54, 1.807) is 30.6 Å². The lowest BCUT2D eigenvalue weighted by Gasteiger charge is -2.12. The lowest BCUT2D eigenvalue weighted by Crippen LogP contribution is -2.22. The number of anilines is 1. The number of hydrogen-bond acceptors (Lipinski definition) is 5. The molecule has 0 spiro atoms. The van der Waals surface area contributed by atoms with E-state index in [9.17, 15) is 9.50 Å². The summed E-state index contributed by atoms with van der Waals surface area (Å²) in [6, 6.07) is 8.04. The molecule has 0 saturated carbocycles. The summed E-state index contributed by atoms with van der Waals surface area (Å²) < 4.78 is 19.3. The van der Waals surface area contributed by atoms with Crippen molar-refractivity contribution in [3.8, 4) is 5.75 Å². The molecule has 0 saturated heterocycles. The van der Waals surface area contributed by atoms with Crippen molar-refractivity contribution in [3.05, 3.63) is 54.1 Å². The highest BCUT2D eigenvalue weighted by Crippen LogP contribution is 2.22. The standard InChI is InChI=1S/C15H17FN2O3/c16-14-7-12(18-8-13(20)9-19)1-2-15(14)21-10-11-3-5-17-6-4-11/h1-7,13,18-20H,8-10H2. The Bertz CT molecular complexity index is 566. The van der Waals surface area contributed by atoms with Gasteiger partial charge in [-0.05, 0) is 29.8 Å². The molecule has 21 heavy (non-hydrogen) atoms. The van der Waals surface area contributed by atoms with E-state index in [0.717, 1.165) is 5.56 Å². The topological polar surface area (TPSA) is 74.6 Å². The molecule has 3 N–H and O–H groups in total. The van der Waals surface area contributed by atoms with Crippen molar-refractivity contribution >= 4 is 5.69 Å². The first-order valence-corrected chi connectivity index (χ1v) is 6.53. The van der Waals surface area contributed by atoms with Gasteiger partial charge in [-0.25, -0.2) is 4.39 Å². The Morgan fingerprint density at radius 3 is 2.67 bits per heavy atom. The second-order valence-corrected chi connectivity index (χ2v) is 4.51. The molecule has 1 aromatic carbocycles. The van der Waals surface area contributed by atoms with Gasteiger partial charge in [-0.1, -0.05) is 0 Å². The second-order valence-electron chi connectivity index (χ2n) is 4.51. The van der Waals surface area contributed by atoms with Crippen LogP contribution in [0.25, 0.3) is 0 Å². The summed E-state index contributed by atoms with van der Waals surface area (Å²) in [6.07, 6.45) is 2.42. The first-order valence-electron chi connectivity index (χ1n) is 6.53.